The maximum absolute atomic E-state index is 12.3. The van der Waals surface area contributed by atoms with E-state index in [0.717, 1.165) is 6.26 Å². The van der Waals surface area contributed by atoms with Crippen LogP contribution >= 0.6 is 0 Å². The fourth-order valence-corrected chi connectivity index (χ4v) is 3.40. The largest absolute Gasteiger partial charge is 0.444 e. The molecule has 1 saturated heterocycles. The predicted molar refractivity (Wildman–Crippen MR) is 98.5 cm³/mol. The van der Waals surface area contributed by atoms with E-state index in [-0.39, 0.29) is 17.3 Å². The number of hydrogen-bond donors (Lipinski definition) is 0. The average molecular weight is 396 g/mol. The number of aromatic nitrogens is 4. The lowest BCUT2D eigenvalue weighted by molar-refractivity contribution is 0.0217. The van der Waals surface area contributed by atoms with E-state index in [1.807, 2.05) is 32.6 Å². The van der Waals surface area contributed by atoms with Crippen molar-refractivity contribution in [2.75, 3.05) is 30.8 Å². The number of rotatable bonds is 2. The van der Waals surface area contributed by atoms with Crippen molar-refractivity contribution < 1.29 is 17.9 Å². The molecule has 0 bridgehead atoms. The van der Waals surface area contributed by atoms with E-state index >= 15 is 0 Å². The third-order valence-electron chi connectivity index (χ3n) is 4.09. The normalized spacial score (nSPS) is 18.8. The Morgan fingerprint density at radius 1 is 1.26 bits per heavy atom. The summed E-state index contributed by atoms with van der Waals surface area (Å²) in [5.74, 6) is 0.391. The van der Waals surface area contributed by atoms with Crippen molar-refractivity contribution in [3.8, 4) is 0 Å². The van der Waals surface area contributed by atoms with E-state index in [4.69, 9.17) is 4.74 Å². The van der Waals surface area contributed by atoms with Gasteiger partial charge in [-0.3, -0.25) is 0 Å². The fourth-order valence-electron chi connectivity index (χ4n) is 2.89. The van der Waals surface area contributed by atoms with Crippen molar-refractivity contribution in [3.05, 3.63) is 12.3 Å². The highest BCUT2D eigenvalue weighted by atomic mass is 32.2. The molecule has 0 aromatic carbocycles. The number of nitrogens with zero attached hydrogens (tertiary/aromatic N) is 6. The molecule has 11 heteroatoms. The first kappa shape index (κ1) is 19.3. The number of fused-ring (bicyclic) bond motifs is 1. The van der Waals surface area contributed by atoms with Gasteiger partial charge in [0.15, 0.2) is 5.65 Å². The SMILES string of the molecule is C[C@H]1CN(C(=O)OC(C)(C)C)CCN1c1nc(S(C)(=O)=O)nc2ccnn12. The van der Waals surface area contributed by atoms with Gasteiger partial charge in [0.25, 0.3) is 5.16 Å². The zero-order valence-electron chi connectivity index (χ0n) is 16.1. The Labute approximate surface area is 158 Å². The van der Waals surface area contributed by atoms with E-state index in [2.05, 4.69) is 15.1 Å². The van der Waals surface area contributed by atoms with Gasteiger partial charge < -0.3 is 14.5 Å². The first-order valence-electron chi connectivity index (χ1n) is 8.62. The van der Waals surface area contributed by atoms with Gasteiger partial charge in [-0.1, -0.05) is 0 Å². The third-order valence-corrected chi connectivity index (χ3v) is 4.93. The summed E-state index contributed by atoms with van der Waals surface area (Å²) in [6, 6.07) is 1.52. The minimum Gasteiger partial charge on any atom is -0.444 e. The van der Waals surface area contributed by atoms with Crippen LogP contribution in [0.15, 0.2) is 17.4 Å². The van der Waals surface area contributed by atoms with Crippen molar-refractivity contribution in [2.24, 2.45) is 0 Å². The Balaban J connectivity index is 1.88. The Morgan fingerprint density at radius 2 is 1.96 bits per heavy atom. The van der Waals surface area contributed by atoms with Gasteiger partial charge in [0.1, 0.15) is 5.60 Å². The van der Waals surface area contributed by atoms with Crippen LogP contribution in [0.5, 0.6) is 0 Å². The molecular formula is C16H24N6O4S. The second kappa shape index (κ2) is 6.63. The summed E-state index contributed by atoms with van der Waals surface area (Å²) < 4.78 is 30.8. The number of carbonyl (C=O) groups is 1. The summed E-state index contributed by atoms with van der Waals surface area (Å²) in [5, 5.41) is 3.96. The molecular weight excluding hydrogens is 372 g/mol. The molecule has 1 aliphatic rings. The molecule has 2 aromatic heterocycles. The lowest BCUT2D eigenvalue weighted by Crippen LogP contribution is -2.55. The monoisotopic (exact) mass is 396 g/mol. The van der Waals surface area contributed by atoms with Crippen molar-refractivity contribution in [3.63, 3.8) is 0 Å². The van der Waals surface area contributed by atoms with Gasteiger partial charge in [-0.05, 0) is 27.7 Å². The van der Waals surface area contributed by atoms with E-state index in [1.54, 1.807) is 17.2 Å². The second-order valence-electron chi connectivity index (χ2n) is 7.65. The number of carbonyl (C=O) groups excluding carboxylic acids is 1. The summed E-state index contributed by atoms with van der Waals surface area (Å²) in [4.78, 5) is 24.2. The quantitative estimate of drug-likeness (QED) is 0.739. The van der Waals surface area contributed by atoms with E-state index < -0.39 is 15.4 Å². The smallest absolute Gasteiger partial charge is 0.410 e. The third kappa shape index (κ3) is 4.12. The molecule has 1 atom stereocenters. The van der Waals surface area contributed by atoms with Crippen LogP contribution in [-0.2, 0) is 14.6 Å². The zero-order chi connectivity index (χ0) is 20.0. The first-order chi connectivity index (χ1) is 12.5. The molecule has 3 heterocycles. The Morgan fingerprint density at radius 3 is 2.56 bits per heavy atom. The van der Waals surface area contributed by atoms with Crippen LogP contribution in [-0.4, -0.2) is 76.5 Å². The van der Waals surface area contributed by atoms with Gasteiger partial charge in [0, 0.05) is 38.0 Å². The highest BCUT2D eigenvalue weighted by Gasteiger charge is 2.32. The molecule has 3 rings (SSSR count). The van der Waals surface area contributed by atoms with E-state index in [1.165, 1.54) is 4.52 Å². The van der Waals surface area contributed by atoms with Gasteiger partial charge in [0.05, 0.1) is 6.20 Å². The summed E-state index contributed by atoms with van der Waals surface area (Å²) in [6.07, 6.45) is 2.25. The molecule has 2 aromatic rings. The van der Waals surface area contributed by atoms with Crippen LogP contribution in [0, 0.1) is 0 Å². The topological polar surface area (TPSA) is 110 Å². The van der Waals surface area contributed by atoms with Crippen molar-refractivity contribution in [1.82, 2.24) is 24.5 Å². The van der Waals surface area contributed by atoms with Gasteiger partial charge >= 0.3 is 6.09 Å². The molecule has 0 radical (unpaired) electrons. The minimum atomic E-state index is -3.57. The van der Waals surface area contributed by atoms with E-state index in [0.29, 0.717) is 31.2 Å². The van der Waals surface area contributed by atoms with Crippen LogP contribution in [0.25, 0.3) is 5.65 Å². The summed E-state index contributed by atoms with van der Waals surface area (Å²) in [6.45, 7) is 8.74. The first-order valence-corrected chi connectivity index (χ1v) is 10.5. The molecule has 148 valence electrons. The molecule has 0 unspecified atom stereocenters. The molecule has 0 saturated carbocycles. The number of hydrogen-bond acceptors (Lipinski definition) is 8. The lowest BCUT2D eigenvalue weighted by Gasteiger charge is -2.40. The Hall–Kier alpha value is -2.43. The van der Waals surface area contributed by atoms with Crippen molar-refractivity contribution in [2.45, 2.75) is 44.5 Å². The van der Waals surface area contributed by atoms with Crippen molar-refractivity contribution >= 4 is 27.5 Å². The minimum absolute atomic E-state index is 0.110. The zero-order valence-corrected chi connectivity index (χ0v) is 16.9. The second-order valence-corrected chi connectivity index (χ2v) is 9.56. The molecule has 0 aliphatic carbocycles. The fraction of sp³-hybridized carbons (Fsp3) is 0.625. The highest BCUT2D eigenvalue weighted by Crippen LogP contribution is 2.22. The molecule has 10 nitrogen and oxygen atoms in total. The lowest BCUT2D eigenvalue weighted by atomic mass is 10.2. The standard InChI is InChI=1S/C16H24N6O4S/c1-11-10-20(15(23)26-16(2,3)4)8-9-21(11)14-19-13(27(5,24)25)18-12-6-7-17-22(12)14/h6-7,11H,8-10H2,1-5H3/t11-/m0/s1. The number of sulfone groups is 1. The van der Waals surface area contributed by atoms with E-state index in [9.17, 15) is 13.2 Å². The maximum Gasteiger partial charge on any atom is 0.410 e. The van der Waals surface area contributed by atoms with Crippen LogP contribution in [0.1, 0.15) is 27.7 Å². The molecule has 1 fully saturated rings. The predicted octanol–water partition coefficient (Wildman–Crippen LogP) is 0.973. The molecule has 1 aliphatic heterocycles. The van der Waals surface area contributed by atoms with Crippen LogP contribution < -0.4 is 4.90 Å². The molecule has 0 spiro atoms. The van der Waals surface area contributed by atoms with Crippen LogP contribution in [0.4, 0.5) is 10.7 Å². The number of piperazine rings is 1. The average Bonchev–Trinajstić information content (AvgIpc) is 3.00. The number of ether oxygens (including phenoxy) is 1. The van der Waals surface area contributed by atoms with Gasteiger partial charge in [-0.2, -0.15) is 19.6 Å². The van der Waals surface area contributed by atoms with Gasteiger partial charge in [-0.25, -0.2) is 13.2 Å². The summed E-state index contributed by atoms with van der Waals surface area (Å²) >= 11 is 0. The Bertz CT molecular complexity index is 965. The molecule has 0 N–H and O–H groups in total. The summed E-state index contributed by atoms with van der Waals surface area (Å²) in [7, 11) is -3.57. The molecule has 27 heavy (non-hydrogen) atoms. The van der Waals surface area contributed by atoms with Crippen molar-refractivity contribution in [1.29, 1.82) is 0 Å². The summed E-state index contributed by atoms with van der Waals surface area (Å²) in [5.41, 5.74) is -0.155. The number of anilines is 1. The van der Waals surface area contributed by atoms with Gasteiger partial charge in [0.2, 0.25) is 15.8 Å². The van der Waals surface area contributed by atoms with Crippen LogP contribution in [0.3, 0.4) is 0 Å². The van der Waals surface area contributed by atoms with Crippen LogP contribution in [0.2, 0.25) is 0 Å². The molecule has 1 amide bonds. The highest BCUT2D eigenvalue weighted by molar-refractivity contribution is 7.90. The number of amides is 1. The maximum atomic E-state index is 12.3. The Kier molecular flexibility index (Phi) is 4.74. The van der Waals surface area contributed by atoms with Gasteiger partial charge in [-0.15, -0.1) is 0 Å².